The Bertz CT molecular complexity index is 307. The summed E-state index contributed by atoms with van der Waals surface area (Å²) in [5, 5.41) is 16.7. The van der Waals surface area contributed by atoms with Gasteiger partial charge in [-0.05, 0) is 0 Å². The maximum Gasteiger partial charge on any atom is 0.243 e. The van der Waals surface area contributed by atoms with Crippen molar-refractivity contribution in [2.45, 2.75) is 25.9 Å². The summed E-state index contributed by atoms with van der Waals surface area (Å²) in [6.45, 7) is 1.44. The van der Waals surface area contributed by atoms with Crippen molar-refractivity contribution in [3.05, 3.63) is 18.7 Å². The summed E-state index contributed by atoms with van der Waals surface area (Å²) < 4.78 is 3.89. The first kappa shape index (κ1) is 9.28. The van der Waals surface area contributed by atoms with Crippen LogP contribution in [0.5, 0.6) is 0 Å². The molecule has 0 aromatic carbocycles. The van der Waals surface area contributed by atoms with Crippen molar-refractivity contribution in [2.75, 3.05) is 0 Å². The Morgan fingerprint density at radius 3 is 2.69 bits per heavy atom. The molecule has 1 rings (SSSR count). The Kier molecular flexibility index (Phi) is 3.53. The highest BCUT2D eigenvalue weighted by Crippen LogP contribution is 1.88. The lowest BCUT2D eigenvalue weighted by Crippen LogP contribution is -2.30. The van der Waals surface area contributed by atoms with E-state index in [1.807, 2.05) is 27.9 Å². The number of nitriles is 2. The summed E-state index contributed by atoms with van der Waals surface area (Å²) in [6, 6.07) is 4.17. The second kappa shape index (κ2) is 4.95. The summed E-state index contributed by atoms with van der Waals surface area (Å²) in [5.41, 5.74) is 0. The molecular formula is C9H11N4+. The second-order valence-corrected chi connectivity index (χ2v) is 2.71. The van der Waals surface area contributed by atoms with E-state index in [4.69, 9.17) is 10.5 Å². The molecule has 66 valence electrons. The maximum absolute atomic E-state index is 8.36. The van der Waals surface area contributed by atoms with Crippen molar-refractivity contribution in [2.24, 2.45) is 0 Å². The topological polar surface area (TPSA) is 56.4 Å². The fourth-order valence-corrected chi connectivity index (χ4v) is 1.06. The van der Waals surface area contributed by atoms with Crippen LogP contribution in [-0.2, 0) is 13.1 Å². The highest BCUT2D eigenvalue weighted by molar-refractivity contribution is 4.73. The average molecular weight is 175 g/mol. The largest absolute Gasteiger partial charge is 0.243 e. The molecule has 4 heteroatoms. The molecule has 0 spiro atoms. The van der Waals surface area contributed by atoms with E-state index in [-0.39, 0.29) is 0 Å². The molecule has 1 aromatic rings. The smallest absolute Gasteiger partial charge is 0.236 e. The van der Waals surface area contributed by atoms with E-state index < -0.39 is 0 Å². The van der Waals surface area contributed by atoms with E-state index in [9.17, 15) is 0 Å². The zero-order chi connectivity index (χ0) is 9.52. The van der Waals surface area contributed by atoms with Gasteiger partial charge >= 0.3 is 0 Å². The first-order valence-electron chi connectivity index (χ1n) is 4.15. The Labute approximate surface area is 77.3 Å². The van der Waals surface area contributed by atoms with Crippen LogP contribution in [0.3, 0.4) is 0 Å². The van der Waals surface area contributed by atoms with Crippen LogP contribution < -0.4 is 4.57 Å². The predicted octanol–water partition coefficient (Wildman–Crippen LogP) is 0.603. The van der Waals surface area contributed by atoms with Crippen LogP contribution in [0.1, 0.15) is 12.8 Å². The zero-order valence-corrected chi connectivity index (χ0v) is 7.35. The number of hydrogen-bond acceptors (Lipinski definition) is 2. The van der Waals surface area contributed by atoms with Crippen LogP contribution >= 0.6 is 0 Å². The van der Waals surface area contributed by atoms with E-state index in [0.717, 1.165) is 13.1 Å². The molecule has 0 atom stereocenters. The molecule has 0 amide bonds. The van der Waals surface area contributed by atoms with Crippen molar-refractivity contribution in [3.8, 4) is 12.1 Å². The molecule has 1 aromatic heterocycles. The Morgan fingerprint density at radius 2 is 2.00 bits per heavy atom. The summed E-state index contributed by atoms with van der Waals surface area (Å²) in [6.07, 6.45) is 6.78. The quantitative estimate of drug-likeness (QED) is 0.629. The van der Waals surface area contributed by atoms with Crippen LogP contribution in [0.4, 0.5) is 0 Å². The van der Waals surface area contributed by atoms with Crippen molar-refractivity contribution in [1.29, 1.82) is 10.5 Å². The molecule has 1 heterocycles. The van der Waals surface area contributed by atoms with Gasteiger partial charge in [0.1, 0.15) is 25.5 Å². The maximum atomic E-state index is 8.36. The first-order valence-corrected chi connectivity index (χ1v) is 4.15. The summed E-state index contributed by atoms with van der Waals surface area (Å²) >= 11 is 0. The standard InChI is InChI=1S/C9H11N4/c10-3-1-5-12-7-8-13(9-12)6-2-4-11/h7-9H,1-2,5-6H2/q+1. The predicted molar refractivity (Wildman–Crippen MR) is 45.1 cm³/mol. The third-order valence-electron chi connectivity index (χ3n) is 1.71. The van der Waals surface area contributed by atoms with Crippen LogP contribution in [0.25, 0.3) is 0 Å². The Balaban J connectivity index is 2.45. The van der Waals surface area contributed by atoms with E-state index >= 15 is 0 Å². The number of imidazole rings is 1. The fourth-order valence-electron chi connectivity index (χ4n) is 1.06. The highest BCUT2D eigenvalue weighted by Gasteiger charge is 2.01. The number of aromatic nitrogens is 2. The molecule has 0 bridgehead atoms. The molecule has 4 nitrogen and oxygen atoms in total. The molecule has 0 radical (unpaired) electrons. The van der Waals surface area contributed by atoms with Gasteiger partial charge in [0.05, 0.1) is 25.0 Å². The van der Waals surface area contributed by atoms with Gasteiger partial charge in [0.25, 0.3) is 0 Å². The van der Waals surface area contributed by atoms with Gasteiger partial charge in [-0.15, -0.1) is 0 Å². The highest BCUT2D eigenvalue weighted by atomic mass is 15.1. The zero-order valence-electron chi connectivity index (χ0n) is 7.35. The van der Waals surface area contributed by atoms with Crippen LogP contribution in [0, 0.1) is 22.7 Å². The van der Waals surface area contributed by atoms with Crippen LogP contribution in [0.2, 0.25) is 0 Å². The Morgan fingerprint density at radius 1 is 1.23 bits per heavy atom. The minimum absolute atomic E-state index is 0.521. The van der Waals surface area contributed by atoms with Gasteiger partial charge < -0.3 is 0 Å². The number of rotatable bonds is 4. The van der Waals surface area contributed by atoms with Gasteiger partial charge in [-0.1, -0.05) is 0 Å². The lowest BCUT2D eigenvalue weighted by molar-refractivity contribution is -0.695. The molecule has 0 aliphatic rings. The van der Waals surface area contributed by atoms with Crippen LogP contribution in [-0.4, -0.2) is 4.57 Å². The number of nitrogens with zero attached hydrogens (tertiary/aromatic N) is 4. The van der Waals surface area contributed by atoms with Gasteiger partial charge in [-0.3, -0.25) is 0 Å². The van der Waals surface area contributed by atoms with E-state index in [2.05, 4.69) is 12.1 Å². The molecular weight excluding hydrogens is 164 g/mol. The second-order valence-electron chi connectivity index (χ2n) is 2.71. The van der Waals surface area contributed by atoms with Crippen molar-refractivity contribution in [1.82, 2.24) is 4.57 Å². The monoisotopic (exact) mass is 175 g/mol. The summed E-state index contributed by atoms with van der Waals surface area (Å²) in [4.78, 5) is 0. The molecule has 0 N–H and O–H groups in total. The fraction of sp³-hybridized carbons (Fsp3) is 0.444. The minimum Gasteiger partial charge on any atom is -0.236 e. The first-order chi connectivity index (χ1) is 6.36. The SMILES string of the molecule is N#CCCn1cc[n+](CCC#N)c1. The summed E-state index contributed by atoms with van der Waals surface area (Å²) in [5.74, 6) is 0. The third-order valence-corrected chi connectivity index (χ3v) is 1.71. The van der Waals surface area contributed by atoms with Gasteiger partial charge in [0.15, 0.2) is 0 Å². The molecule has 0 saturated heterocycles. The van der Waals surface area contributed by atoms with Gasteiger partial charge in [-0.25, -0.2) is 9.13 Å². The van der Waals surface area contributed by atoms with Gasteiger partial charge in [0.2, 0.25) is 6.33 Å². The molecule has 0 unspecified atom stereocenters. The third kappa shape index (κ3) is 2.96. The van der Waals surface area contributed by atoms with E-state index in [1.165, 1.54) is 0 Å². The lowest BCUT2D eigenvalue weighted by Gasteiger charge is -1.88. The van der Waals surface area contributed by atoms with Crippen LogP contribution in [0.15, 0.2) is 18.7 Å². The van der Waals surface area contributed by atoms with E-state index in [1.54, 1.807) is 0 Å². The number of hydrogen-bond donors (Lipinski definition) is 0. The van der Waals surface area contributed by atoms with Crippen molar-refractivity contribution < 1.29 is 4.57 Å². The minimum atomic E-state index is 0.521. The van der Waals surface area contributed by atoms with E-state index in [0.29, 0.717) is 12.8 Å². The lowest BCUT2D eigenvalue weighted by atomic mass is 10.5. The van der Waals surface area contributed by atoms with Crippen molar-refractivity contribution in [3.63, 3.8) is 0 Å². The normalized spacial score (nSPS) is 9.08. The van der Waals surface area contributed by atoms with Crippen molar-refractivity contribution >= 4 is 0 Å². The van der Waals surface area contributed by atoms with Gasteiger partial charge in [-0.2, -0.15) is 10.5 Å². The molecule has 0 fully saturated rings. The molecule has 0 aliphatic heterocycles. The van der Waals surface area contributed by atoms with Gasteiger partial charge in [0, 0.05) is 0 Å². The number of aryl methyl sites for hydroxylation is 2. The Hall–Kier alpha value is -1.81. The average Bonchev–Trinajstić information content (AvgIpc) is 2.59. The molecule has 13 heavy (non-hydrogen) atoms. The summed E-state index contributed by atoms with van der Waals surface area (Å²) in [7, 11) is 0. The molecule has 0 aliphatic carbocycles. The molecule has 0 saturated carbocycles.